The molecule has 1 unspecified atom stereocenters. The molecule has 0 bridgehead atoms. The molecule has 2 rings (SSSR count). The average molecular weight is 340 g/mol. The maximum absolute atomic E-state index is 13.8. The molecule has 2 aromatic rings. The van der Waals surface area contributed by atoms with Crippen molar-refractivity contribution in [3.8, 4) is 0 Å². The van der Waals surface area contributed by atoms with Crippen LogP contribution in [0.5, 0.6) is 0 Å². The summed E-state index contributed by atoms with van der Waals surface area (Å²) in [7, 11) is 1.81. The molecule has 0 aliphatic carbocycles. The topological polar surface area (TPSA) is 12.0 Å². The van der Waals surface area contributed by atoms with Crippen LogP contribution in [0.4, 0.5) is 8.78 Å². The lowest BCUT2D eigenvalue weighted by Gasteiger charge is -2.19. The smallest absolute Gasteiger partial charge is 0.162 e. The molecule has 0 saturated carbocycles. The predicted octanol–water partition coefficient (Wildman–Crippen LogP) is 4.54. The highest BCUT2D eigenvalue weighted by molar-refractivity contribution is 9.10. The van der Waals surface area contributed by atoms with E-state index in [-0.39, 0.29) is 6.04 Å². The SMILES string of the molecule is CNC(Cc1cccc(F)c1F)c1ccc(C)cc1Br. The van der Waals surface area contributed by atoms with Crippen molar-refractivity contribution in [1.29, 1.82) is 0 Å². The summed E-state index contributed by atoms with van der Waals surface area (Å²) in [6.07, 6.45) is 0.391. The highest BCUT2D eigenvalue weighted by atomic mass is 79.9. The third-order valence-corrected chi connectivity index (χ3v) is 4.02. The zero-order chi connectivity index (χ0) is 14.7. The number of hydrogen-bond acceptors (Lipinski definition) is 1. The van der Waals surface area contributed by atoms with Crippen LogP contribution < -0.4 is 5.32 Å². The van der Waals surface area contributed by atoms with Crippen LogP contribution in [0, 0.1) is 18.6 Å². The van der Waals surface area contributed by atoms with Gasteiger partial charge in [-0.2, -0.15) is 0 Å². The highest BCUT2D eigenvalue weighted by Gasteiger charge is 2.17. The molecule has 4 heteroatoms. The van der Waals surface area contributed by atoms with Gasteiger partial charge in [0, 0.05) is 10.5 Å². The zero-order valence-corrected chi connectivity index (χ0v) is 13.0. The lowest BCUT2D eigenvalue weighted by molar-refractivity contribution is 0.486. The van der Waals surface area contributed by atoms with Gasteiger partial charge >= 0.3 is 0 Å². The quantitative estimate of drug-likeness (QED) is 0.862. The van der Waals surface area contributed by atoms with Crippen molar-refractivity contribution in [1.82, 2.24) is 5.32 Å². The van der Waals surface area contributed by atoms with E-state index in [1.165, 1.54) is 6.07 Å². The second kappa shape index (κ2) is 6.46. The standard InChI is InChI=1S/C16H16BrF2N/c1-10-6-7-12(13(17)8-10)15(20-2)9-11-4-3-5-14(18)16(11)19/h3-8,15,20H,9H2,1-2H3. The van der Waals surface area contributed by atoms with Gasteiger partial charge in [-0.1, -0.05) is 40.2 Å². The molecule has 1 atom stereocenters. The fraction of sp³-hybridized carbons (Fsp3) is 0.250. The maximum Gasteiger partial charge on any atom is 0.162 e. The van der Waals surface area contributed by atoms with Crippen LogP contribution in [0.3, 0.4) is 0 Å². The Balaban J connectivity index is 2.31. The molecule has 0 fully saturated rings. The molecular weight excluding hydrogens is 324 g/mol. The number of benzene rings is 2. The summed E-state index contributed by atoms with van der Waals surface area (Å²) in [4.78, 5) is 0. The molecule has 1 nitrogen and oxygen atoms in total. The second-order valence-corrected chi connectivity index (χ2v) is 5.64. The molecule has 0 spiro atoms. The minimum atomic E-state index is -0.805. The van der Waals surface area contributed by atoms with Crippen molar-refractivity contribution >= 4 is 15.9 Å². The Hall–Kier alpha value is -1.26. The van der Waals surface area contributed by atoms with Crippen LogP contribution in [-0.4, -0.2) is 7.05 Å². The van der Waals surface area contributed by atoms with Gasteiger partial charge < -0.3 is 5.32 Å². The molecule has 0 radical (unpaired) electrons. The summed E-state index contributed by atoms with van der Waals surface area (Å²) >= 11 is 3.53. The monoisotopic (exact) mass is 339 g/mol. The lowest BCUT2D eigenvalue weighted by atomic mass is 9.98. The van der Waals surface area contributed by atoms with Gasteiger partial charge in [0.25, 0.3) is 0 Å². The Bertz CT molecular complexity index is 613. The number of aryl methyl sites for hydroxylation is 1. The summed E-state index contributed by atoms with van der Waals surface area (Å²) in [5, 5.41) is 3.15. The highest BCUT2D eigenvalue weighted by Crippen LogP contribution is 2.28. The van der Waals surface area contributed by atoms with Gasteiger partial charge in [-0.3, -0.25) is 0 Å². The Morgan fingerprint density at radius 3 is 2.60 bits per heavy atom. The van der Waals surface area contributed by atoms with E-state index in [4.69, 9.17) is 0 Å². The third kappa shape index (κ3) is 3.25. The molecule has 20 heavy (non-hydrogen) atoms. The Morgan fingerprint density at radius 2 is 1.95 bits per heavy atom. The van der Waals surface area contributed by atoms with E-state index in [1.54, 1.807) is 6.07 Å². The largest absolute Gasteiger partial charge is 0.313 e. The van der Waals surface area contributed by atoms with Gasteiger partial charge in [0.2, 0.25) is 0 Å². The predicted molar refractivity (Wildman–Crippen MR) is 80.7 cm³/mol. The van der Waals surface area contributed by atoms with Crippen LogP contribution in [0.15, 0.2) is 40.9 Å². The van der Waals surface area contributed by atoms with Crippen LogP contribution in [0.2, 0.25) is 0 Å². The third-order valence-electron chi connectivity index (χ3n) is 3.34. The van der Waals surface area contributed by atoms with Crippen molar-refractivity contribution in [2.24, 2.45) is 0 Å². The second-order valence-electron chi connectivity index (χ2n) is 4.78. The molecule has 0 heterocycles. The number of nitrogens with one attached hydrogen (secondary N) is 1. The fourth-order valence-electron chi connectivity index (χ4n) is 2.21. The summed E-state index contributed by atoms with van der Waals surface area (Å²) < 4.78 is 28.0. The van der Waals surface area contributed by atoms with Gasteiger partial charge in [0.05, 0.1) is 0 Å². The lowest BCUT2D eigenvalue weighted by Crippen LogP contribution is -2.20. The van der Waals surface area contributed by atoms with E-state index in [2.05, 4.69) is 21.2 Å². The van der Waals surface area contributed by atoms with E-state index in [0.717, 1.165) is 21.7 Å². The molecule has 106 valence electrons. The number of halogens is 3. The molecule has 0 aromatic heterocycles. The molecule has 0 amide bonds. The summed E-state index contributed by atoms with van der Waals surface area (Å²) in [5.41, 5.74) is 2.55. The van der Waals surface area contributed by atoms with Crippen molar-refractivity contribution < 1.29 is 8.78 Å². The molecule has 0 aliphatic rings. The van der Waals surface area contributed by atoms with Gasteiger partial charge in [-0.05, 0) is 49.2 Å². The first-order valence-corrected chi connectivity index (χ1v) is 7.18. The van der Waals surface area contributed by atoms with Crippen LogP contribution in [-0.2, 0) is 6.42 Å². The number of likely N-dealkylation sites (N-methyl/N-ethyl adjacent to an activating group) is 1. The van der Waals surface area contributed by atoms with Gasteiger partial charge in [-0.25, -0.2) is 8.78 Å². The molecule has 0 saturated heterocycles. The van der Waals surface area contributed by atoms with Crippen molar-refractivity contribution in [2.45, 2.75) is 19.4 Å². The molecule has 1 N–H and O–H groups in total. The number of rotatable bonds is 4. The van der Waals surface area contributed by atoms with E-state index in [0.29, 0.717) is 12.0 Å². The van der Waals surface area contributed by atoms with Crippen LogP contribution >= 0.6 is 15.9 Å². The Labute approximate surface area is 126 Å². The summed E-state index contributed by atoms with van der Waals surface area (Å²) in [6, 6.07) is 10.2. The minimum absolute atomic E-state index is 0.0822. The Kier molecular flexibility index (Phi) is 4.89. The molecule has 0 aliphatic heterocycles. The van der Waals surface area contributed by atoms with Crippen LogP contribution in [0.25, 0.3) is 0 Å². The first-order valence-electron chi connectivity index (χ1n) is 6.39. The van der Waals surface area contributed by atoms with E-state index < -0.39 is 11.6 Å². The van der Waals surface area contributed by atoms with Gasteiger partial charge in [-0.15, -0.1) is 0 Å². The summed E-state index contributed by atoms with van der Waals surface area (Å²) in [5.74, 6) is -1.57. The van der Waals surface area contributed by atoms with Crippen LogP contribution in [0.1, 0.15) is 22.7 Å². The van der Waals surface area contributed by atoms with E-state index in [1.807, 2.05) is 32.2 Å². The fourth-order valence-corrected chi connectivity index (χ4v) is 2.98. The molecular formula is C16H16BrF2N. The number of hydrogen-bond donors (Lipinski definition) is 1. The zero-order valence-electron chi connectivity index (χ0n) is 11.4. The van der Waals surface area contributed by atoms with E-state index in [9.17, 15) is 8.78 Å². The van der Waals surface area contributed by atoms with Crippen molar-refractivity contribution in [2.75, 3.05) is 7.05 Å². The van der Waals surface area contributed by atoms with E-state index >= 15 is 0 Å². The first kappa shape index (κ1) is 15.1. The maximum atomic E-state index is 13.8. The summed E-state index contributed by atoms with van der Waals surface area (Å²) in [6.45, 7) is 2.01. The van der Waals surface area contributed by atoms with Crippen molar-refractivity contribution in [3.63, 3.8) is 0 Å². The van der Waals surface area contributed by atoms with Crippen molar-refractivity contribution in [3.05, 3.63) is 69.2 Å². The molecule has 2 aromatic carbocycles. The first-order chi connectivity index (χ1) is 9.52. The normalized spacial score (nSPS) is 12.4. The average Bonchev–Trinajstić information content (AvgIpc) is 2.41. The minimum Gasteiger partial charge on any atom is -0.313 e. The Morgan fingerprint density at radius 1 is 1.20 bits per heavy atom. The van der Waals surface area contributed by atoms with Gasteiger partial charge in [0.15, 0.2) is 11.6 Å². The van der Waals surface area contributed by atoms with Gasteiger partial charge in [0.1, 0.15) is 0 Å².